The van der Waals surface area contributed by atoms with Crippen LogP contribution in [-0.2, 0) is 4.79 Å². The van der Waals surface area contributed by atoms with Crippen molar-refractivity contribution in [2.24, 2.45) is 9.98 Å². The quantitative estimate of drug-likeness (QED) is 0.902. The molecule has 6 nitrogen and oxygen atoms in total. The highest BCUT2D eigenvalue weighted by Gasteiger charge is 2.40. The van der Waals surface area contributed by atoms with E-state index in [4.69, 9.17) is 9.98 Å². The Labute approximate surface area is 150 Å². The zero-order valence-electron chi connectivity index (χ0n) is 13.9. The molecule has 4 rings (SSSR count). The molecule has 7 heteroatoms. The van der Waals surface area contributed by atoms with Crippen LogP contribution in [-0.4, -0.2) is 38.3 Å². The molecule has 0 aliphatic carbocycles. The number of nitrogens with one attached hydrogen (secondary N) is 1. The Morgan fingerprint density at radius 1 is 1.08 bits per heavy atom. The second-order valence-corrected chi connectivity index (χ2v) is 7.04. The minimum atomic E-state index is -0.324. The number of rotatable bonds is 2. The zero-order valence-corrected chi connectivity index (χ0v) is 14.7. The third-order valence-electron chi connectivity index (χ3n) is 4.07. The number of aliphatic imine (C=N–C) groups is 2. The van der Waals surface area contributed by atoms with Gasteiger partial charge >= 0.3 is 0 Å². The first-order valence-electron chi connectivity index (χ1n) is 7.98. The Bertz CT molecular complexity index is 863. The van der Waals surface area contributed by atoms with Crippen molar-refractivity contribution in [3.8, 4) is 0 Å². The molecule has 0 saturated heterocycles. The highest BCUT2D eigenvalue weighted by atomic mass is 32.2. The maximum absolute atomic E-state index is 12.1. The van der Waals surface area contributed by atoms with E-state index >= 15 is 0 Å². The number of amidine groups is 1. The molecule has 0 unspecified atom stereocenters. The number of hydrogen-bond donors (Lipinski definition) is 1. The highest BCUT2D eigenvalue weighted by Crippen LogP contribution is 2.35. The summed E-state index contributed by atoms with van der Waals surface area (Å²) in [7, 11) is 0. The number of hydrazine groups is 1. The van der Waals surface area contributed by atoms with Crippen LogP contribution < -0.4 is 5.43 Å². The van der Waals surface area contributed by atoms with Crippen LogP contribution in [0.1, 0.15) is 23.6 Å². The van der Waals surface area contributed by atoms with Crippen molar-refractivity contribution in [3.63, 3.8) is 0 Å². The van der Waals surface area contributed by atoms with Crippen LogP contribution in [0.15, 0.2) is 58.8 Å². The summed E-state index contributed by atoms with van der Waals surface area (Å²) >= 11 is 1.54. The first-order chi connectivity index (χ1) is 12.1. The summed E-state index contributed by atoms with van der Waals surface area (Å²) in [6, 6.07) is 11.9. The Morgan fingerprint density at radius 3 is 2.48 bits per heavy atom. The molecule has 126 valence electrons. The Kier molecular flexibility index (Phi) is 4.01. The molecule has 0 spiro atoms. The van der Waals surface area contributed by atoms with Gasteiger partial charge in [-0.1, -0.05) is 41.6 Å². The topological polar surface area (TPSA) is 70.0 Å². The van der Waals surface area contributed by atoms with Crippen LogP contribution in [0.2, 0.25) is 0 Å². The number of fused-ring (bicyclic) bond motifs is 1. The van der Waals surface area contributed by atoms with Crippen LogP contribution >= 0.6 is 11.8 Å². The fraction of sp³-hybridized carbons (Fsp3) is 0.222. The van der Waals surface area contributed by atoms with E-state index in [1.807, 2.05) is 43.3 Å². The number of benzene rings is 1. The number of nitrogens with zero attached hydrogens (tertiary/aromatic N) is 4. The first-order valence-corrected chi connectivity index (χ1v) is 8.86. The predicted octanol–water partition coefficient (Wildman–Crippen LogP) is 2.35. The third-order valence-corrected chi connectivity index (χ3v) is 5.33. The number of pyridine rings is 1. The number of hydrogen-bond acceptors (Lipinski definition) is 6. The molecule has 1 amide bonds. The van der Waals surface area contributed by atoms with Gasteiger partial charge in [0.2, 0.25) is 5.91 Å². The Hall–Kier alpha value is -2.67. The summed E-state index contributed by atoms with van der Waals surface area (Å²) in [4.78, 5) is 25.7. The van der Waals surface area contributed by atoms with Gasteiger partial charge in [-0.2, -0.15) is 0 Å². The fourth-order valence-electron chi connectivity index (χ4n) is 2.75. The number of thioether (sulfide) groups is 1. The van der Waals surface area contributed by atoms with Crippen molar-refractivity contribution in [2.45, 2.75) is 25.4 Å². The molecule has 2 aliphatic heterocycles. The molecule has 25 heavy (non-hydrogen) atoms. The number of aryl methyl sites for hydroxylation is 1. The van der Waals surface area contributed by atoms with Crippen LogP contribution in [0, 0.1) is 6.92 Å². The average molecular weight is 351 g/mol. The second-order valence-electron chi connectivity index (χ2n) is 5.94. The summed E-state index contributed by atoms with van der Waals surface area (Å²) in [5.74, 6) is 0.602. The standard InChI is InChI=1S/C18H17N5OS/c1-11-3-5-13(6-4-11)15-20-16-18(23(22-15)12(2)24)25-17(21-16)14-7-9-19-10-8-14/h3-10,16,18H,1-2H3,(H,20,22)/t16-,18+/m1/s1. The zero-order chi connectivity index (χ0) is 17.4. The molecule has 1 aromatic carbocycles. The summed E-state index contributed by atoms with van der Waals surface area (Å²) in [5.41, 5.74) is 6.26. The van der Waals surface area contributed by atoms with Crippen molar-refractivity contribution in [1.29, 1.82) is 0 Å². The average Bonchev–Trinajstić information content (AvgIpc) is 3.06. The molecule has 3 heterocycles. The van der Waals surface area contributed by atoms with E-state index in [2.05, 4.69) is 10.4 Å². The van der Waals surface area contributed by atoms with Crippen LogP contribution in [0.3, 0.4) is 0 Å². The first kappa shape index (κ1) is 15.8. The van der Waals surface area contributed by atoms with E-state index in [1.54, 1.807) is 36.1 Å². The van der Waals surface area contributed by atoms with E-state index in [9.17, 15) is 4.79 Å². The molecule has 2 aromatic rings. The molecule has 2 aliphatic rings. The van der Waals surface area contributed by atoms with Crippen molar-refractivity contribution < 1.29 is 4.79 Å². The molecule has 0 bridgehead atoms. The largest absolute Gasteiger partial charge is 0.278 e. The van der Waals surface area contributed by atoms with E-state index in [0.29, 0.717) is 5.84 Å². The summed E-state index contributed by atoms with van der Waals surface area (Å²) in [5, 5.41) is 2.31. The summed E-state index contributed by atoms with van der Waals surface area (Å²) < 4.78 is 0. The van der Waals surface area contributed by atoms with Crippen molar-refractivity contribution in [2.75, 3.05) is 0 Å². The number of carbonyl (C=O) groups excluding carboxylic acids is 1. The molecule has 0 fully saturated rings. The highest BCUT2D eigenvalue weighted by molar-refractivity contribution is 8.15. The normalized spacial score (nSPS) is 21.9. The van der Waals surface area contributed by atoms with Crippen LogP contribution in [0.25, 0.3) is 0 Å². The van der Waals surface area contributed by atoms with Gasteiger partial charge in [0.1, 0.15) is 16.3 Å². The van der Waals surface area contributed by atoms with Crippen molar-refractivity contribution >= 4 is 28.5 Å². The van der Waals surface area contributed by atoms with Crippen LogP contribution in [0.4, 0.5) is 0 Å². The third kappa shape index (κ3) is 3.02. The van der Waals surface area contributed by atoms with Crippen molar-refractivity contribution in [1.82, 2.24) is 15.4 Å². The summed E-state index contributed by atoms with van der Waals surface area (Å²) in [6.45, 7) is 3.59. The predicted molar refractivity (Wildman–Crippen MR) is 99.3 cm³/mol. The lowest BCUT2D eigenvalue weighted by Crippen LogP contribution is -2.56. The van der Waals surface area contributed by atoms with Gasteiger partial charge in [0.05, 0.1) is 0 Å². The van der Waals surface area contributed by atoms with E-state index in [0.717, 1.165) is 16.2 Å². The lowest BCUT2D eigenvalue weighted by Gasteiger charge is -2.34. The van der Waals surface area contributed by atoms with Gasteiger partial charge in [-0.25, -0.2) is 15.0 Å². The minimum Gasteiger partial charge on any atom is -0.278 e. The van der Waals surface area contributed by atoms with Gasteiger partial charge in [0.15, 0.2) is 6.17 Å². The molecule has 0 saturated carbocycles. The molecule has 0 radical (unpaired) electrons. The van der Waals surface area contributed by atoms with E-state index in [-0.39, 0.29) is 17.4 Å². The maximum atomic E-state index is 12.1. The van der Waals surface area contributed by atoms with Gasteiger partial charge < -0.3 is 0 Å². The lowest BCUT2D eigenvalue weighted by atomic mass is 10.1. The maximum Gasteiger partial charge on any atom is 0.239 e. The Balaban J connectivity index is 1.71. The van der Waals surface area contributed by atoms with E-state index in [1.165, 1.54) is 5.56 Å². The molecular formula is C18H17N5OS. The SMILES string of the molecule is CC(=O)N1NC(c2ccc(C)cc2)=N[C@@H]2N=C(c3ccncc3)S[C@@H]21. The molecule has 1 N–H and O–H groups in total. The fourth-order valence-corrected chi connectivity index (χ4v) is 3.97. The number of amides is 1. The Morgan fingerprint density at radius 2 is 1.80 bits per heavy atom. The van der Waals surface area contributed by atoms with Gasteiger partial charge in [0, 0.05) is 30.4 Å². The van der Waals surface area contributed by atoms with E-state index < -0.39 is 0 Å². The van der Waals surface area contributed by atoms with Gasteiger partial charge in [-0.15, -0.1) is 0 Å². The number of carbonyl (C=O) groups is 1. The monoisotopic (exact) mass is 351 g/mol. The molecular weight excluding hydrogens is 334 g/mol. The second kappa shape index (κ2) is 6.33. The van der Waals surface area contributed by atoms with Gasteiger partial charge in [-0.3, -0.25) is 15.2 Å². The van der Waals surface area contributed by atoms with Gasteiger partial charge in [0.25, 0.3) is 0 Å². The number of aromatic nitrogens is 1. The lowest BCUT2D eigenvalue weighted by molar-refractivity contribution is -0.132. The van der Waals surface area contributed by atoms with Crippen molar-refractivity contribution in [3.05, 3.63) is 65.5 Å². The smallest absolute Gasteiger partial charge is 0.239 e. The molecule has 1 aromatic heterocycles. The summed E-state index contributed by atoms with van der Waals surface area (Å²) in [6.07, 6.45) is 3.15. The van der Waals surface area contributed by atoms with Gasteiger partial charge in [-0.05, 0) is 19.1 Å². The van der Waals surface area contributed by atoms with Crippen LogP contribution in [0.5, 0.6) is 0 Å². The molecule has 2 atom stereocenters. The minimum absolute atomic E-state index is 0.0619.